The molecular formula is C14H21ClN2S. The van der Waals surface area contributed by atoms with E-state index in [1.54, 1.807) is 11.3 Å². The first-order chi connectivity index (χ1) is 8.63. The molecule has 0 aliphatic carbocycles. The first-order valence-corrected chi connectivity index (χ1v) is 8.11. The first-order valence-electron chi connectivity index (χ1n) is 6.85. The van der Waals surface area contributed by atoms with Crippen molar-refractivity contribution < 1.29 is 0 Å². The molecule has 4 heteroatoms. The molecule has 3 unspecified atom stereocenters. The molecule has 0 amide bonds. The lowest BCUT2D eigenvalue weighted by atomic mass is 9.96. The Labute approximate surface area is 118 Å². The molecule has 100 valence electrons. The summed E-state index contributed by atoms with van der Waals surface area (Å²) in [5.41, 5.74) is 1.36. The molecule has 0 spiro atoms. The molecule has 2 aliphatic rings. The molecule has 0 aromatic carbocycles. The fourth-order valence-corrected chi connectivity index (χ4v) is 4.43. The SMILES string of the molecule is CC(c1csc(Cl)c1)N(C)C1CC2CCC(C1)N2. The van der Waals surface area contributed by atoms with Gasteiger partial charge in [0.15, 0.2) is 0 Å². The van der Waals surface area contributed by atoms with Gasteiger partial charge in [-0.3, -0.25) is 4.90 Å². The van der Waals surface area contributed by atoms with Crippen LogP contribution in [0.1, 0.15) is 44.2 Å². The van der Waals surface area contributed by atoms with Gasteiger partial charge >= 0.3 is 0 Å². The molecule has 3 atom stereocenters. The van der Waals surface area contributed by atoms with Gasteiger partial charge in [0.1, 0.15) is 0 Å². The number of rotatable bonds is 3. The van der Waals surface area contributed by atoms with Crippen LogP contribution < -0.4 is 5.32 Å². The Bertz CT molecular complexity index is 408. The number of hydrogen-bond acceptors (Lipinski definition) is 3. The highest BCUT2D eigenvalue weighted by atomic mass is 35.5. The molecule has 3 heterocycles. The van der Waals surface area contributed by atoms with E-state index in [-0.39, 0.29) is 0 Å². The highest BCUT2D eigenvalue weighted by molar-refractivity contribution is 7.14. The molecule has 0 radical (unpaired) electrons. The van der Waals surface area contributed by atoms with Crippen LogP contribution >= 0.6 is 22.9 Å². The lowest BCUT2D eigenvalue weighted by Crippen LogP contribution is -2.47. The molecule has 2 saturated heterocycles. The third kappa shape index (κ3) is 2.46. The number of thiophene rings is 1. The van der Waals surface area contributed by atoms with Gasteiger partial charge in [-0.25, -0.2) is 0 Å². The van der Waals surface area contributed by atoms with Crippen LogP contribution in [-0.2, 0) is 0 Å². The van der Waals surface area contributed by atoms with Crippen LogP contribution in [0.3, 0.4) is 0 Å². The van der Waals surface area contributed by atoms with E-state index in [0.29, 0.717) is 6.04 Å². The molecule has 2 bridgehead atoms. The number of halogens is 1. The van der Waals surface area contributed by atoms with Crippen molar-refractivity contribution >= 4 is 22.9 Å². The van der Waals surface area contributed by atoms with Crippen molar-refractivity contribution in [2.75, 3.05) is 7.05 Å². The van der Waals surface area contributed by atoms with Gasteiger partial charge in [0.25, 0.3) is 0 Å². The normalized spacial score (nSPS) is 33.0. The number of nitrogens with one attached hydrogen (secondary N) is 1. The lowest BCUT2D eigenvalue weighted by Gasteiger charge is -2.38. The van der Waals surface area contributed by atoms with Gasteiger partial charge in [0, 0.05) is 24.2 Å². The summed E-state index contributed by atoms with van der Waals surface area (Å²) >= 11 is 7.68. The Morgan fingerprint density at radius 2 is 2.06 bits per heavy atom. The Morgan fingerprint density at radius 3 is 2.61 bits per heavy atom. The van der Waals surface area contributed by atoms with Crippen molar-refractivity contribution in [2.45, 2.75) is 56.8 Å². The van der Waals surface area contributed by atoms with E-state index in [4.69, 9.17) is 11.6 Å². The zero-order valence-corrected chi connectivity index (χ0v) is 12.6. The molecule has 2 fully saturated rings. The monoisotopic (exact) mass is 284 g/mol. The van der Waals surface area contributed by atoms with Crippen molar-refractivity contribution in [1.82, 2.24) is 10.2 Å². The molecular weight excluding hydrogens is 264 g/mol. The Morgan fingerprint density at radius 1 is 1.39 bits per heavy atom. The van der Waals surface area contributed by atoms with Gasteiger partial charge < -0.3 is 5.32 Å². The fourth-order valence-electron chi connectivity index (χ4n) is 3.45. The molecule has 1 N–H and O–H groups in total. The highest BCUT2D eigenvalue weighted by Gasteiger charge is 2.36. The number of hydrogen-bond donors (Lipinski definition) is 1. The molecule has 3 rings (SSSR count). The third-order valence-electron chi connectivity index (χ3n) is 4.71. The average molecular weight is 285 g/mol. The van der Waals surface area contributed by atoms with Crippen molar-refractivity contribution in [3.63, 3.8) is 0 Å². The summed E-state index contributed by atoms with van der Waals surface area (Å²) < 4.78 is 0.899. The zero-order valence-electron chi connectivity index (χ0n) is 11.0. The summed E-state index contributed by atoms with van der Waals surface area (Å²) in [5.74, 6) is 0. The van der Waals surface area contributed by atoms with Crippen LogP contribution in [0.15, 0.2) is 11.4 Å². The minimum atomic E-state index is 0.469. The van der Waals surface area contributed by atoms with Crippen LogP contribution in [-0.4, -0.2) is 30.1 Å². The summed E-state index contributed by atoms with van der Waals surface area (Å²) in [7, 11) is 2.27. The topological polar surface area (TPSA) is 15.3 Å². The average Bonchev–Trinajstić information content (AvgIpc) is 2.94. The van der Waals surface area contributed by atoms with Gasteiger partial charge in [0.2, 0.25) is 0 Å². The van der Waals surface area contributed by atoms with Crippen LogP contribution in [0, 0.1) is 0 Å². The Balaban J connectivity index is 1.68. The third-order valence-corrected chi connectivity index (χ3v) is 5.81. The van der Waals surface area contributed by atoms with Gasteiger partial charge in [-0.1, -0.05) is 11.6 Å². The van der Waals surface area contributed by atoms with Crippen molar-refractivity contribution in [3.8, 4) is 0 Å². The molecule has 1 aromatic heterocycles. The lowest BCUT2D eigenvalue weighted by molar-refractivity contribution is 0.133. The molecule has 18 heavy (non-hydrogen) atoms. The minimum Gasteiger partial charge on any atom is -0.311 e. The first kappa shape index (κ1) is 12.9. The molecule has 1 aromatic rings. The quantitative estimate of drug-likeness (QED) is 0.911. The largest absolute Gasteiger partial charge is 0.311 e. The fraction of sp³-hybridized carbons (Fsp3) is 0.714. The van der Waals surface area contributed by atoms with E-state index in [2.05, 4.69) is 35.6 Å². The van der Waals surface area contributed by atoms with Crippen LogP contribution in [0.2, 0.25) is 4.34 Å². The van der Waals surface area contributed by atoms with Crippen molar-refractivity contribution in [2.24, 2.45) is 0 Å². The number of nitrogens with zero attached hydrogens (tertiary/aromatic N) is 1. The minimum absolute atomic E-state index is 0.469. The smallest absolute Gasteiger partial charge is 0.0931 e. The van der Waals surface area contributed by atoms with Gasteiger partial charge in [0.05, 0.1) is 4.34 Å². The zero-order chi connectivity index (χ0) is 12.7. The van der Waals surface area contributed by atoms with Crippen LogP contribution in [0.5, 0.6) is 0 Å². The summed E-state index contributed by atoms with van der Waals surface area (Å²) in [6, 6.07) is 4.82. The van der Waals surface area contributed by atoms with Gasteiger partial charge in [-0.15, -0.1) is 11.3 Å². The summed E-state index contributed by atoms with van der Waals surface area (Å²) in [6.45, 7) is 2.29. The number of piperidine rings is 1. The predicted octanol–water partition coefficient (Wildman–Crippen LogP) is 3.68. The van der Waals surface area contributed by atoms with E-state index >= 15 is 0 Å². The maximum Gasteiger partial charge on any atom is 0.0931 e. The maximum atomic E-state index is 6.04. The molecule has 2 nitrogen and oxygen atoms in total. The Hall–Kier alpha value is -0.0900. The molecule has 2 aliphatic heterocycles. The van der Waals surface area contributed by atoms with Gasteiger partial charge in [-0.05, 0) is 56.7 Å². The second kappa shape index (κ2) is 5.12. The Kier molecular flexibility index (Phi) is 3.68. The summed E-state index contributed by atoms with van der Waals surface area (Å²) in [5, 5.41) is 5.91. The second-order valence-corrected chi connectivity index (χ2v) is 7.33. The summed E-state index contributed by atoms with van der Waals surface area (Å²) in [4.78, 5) is 2.55. The van der Waals surface area contributed by atoms with Crippen LogP contribution in [0.25, 0.3) is 0 Å². The van der Waals surface area contributed by atoms with Crippen molar-refractivity contribution in [1.29, 1.82) is 0 Å². The van der Waals surface area contributed by atoms with E-state index in [1.165, 1.54) is 31.2 Å². The van der Waals surface area contributed by atoms with Gasteiger partial charge in [-0.2, -0.15) is 0 Å². The standard InChI is InChI=1S/C14H21ClN2S/c1-9(10-5-14(15)18-8-10)17(2)13-6-11-3-4-12(7-13)16-11/h5,8-9,11-13,16H,3-4,6-7H2,1-2H3. The predicted molar refractivity (Wildman–Crippen MR) is 78.5 cm³/mol. The summed E-state index contributed by atoms with van der Waals surface area (Å²) in [6.07, 6.45) is 5.34. The van der Waals surface area contributed by atoms with Crippen LogP contribution in [0.4, 0.5) is 0 Å². The number of fused-ring (bicyclic) bond motifs is 2. The van der Waals surface area contributed by atoms with Crippen molar-refractivity contribution in [3.05, 3.63) is 21.3 Å². The van der Waals surface area contributed by atoms with E-state index < -0.39 is 0 Å². The van der Waals surface area contributed by atoms with E-state index in [1.807, 2.05) is 0 Å². The van der Waals surface area contributed by atoms with E-state index in [9.17, 15) is 0 Å². The second-order valence-electron chi connectivity index (χ2n) is 5.79. The van der Waals surface area contributed by atoms with E-state index in [0.717, 1.165) is 22.5 Å². The molecule has 0 saturated carbocycles. The highest BCUT2D eigenvalue weighted by Crippen LogP contribution is 2.34. The maximum absolute atomic E-state index is 6.04.